The van der Waals surface area contributed by atoms with E-state index in [0.29, 0.717) is 12.2 Å². The monoisotopic (exact) mass is 388 g/mol. The Morgan fingerprint density at radius 2 is 2.10 bits per heavy atom. The van der Waals surface area contributed by atoms with E-state index in [-0.39, 0.29) is 11.9 Å². The minimum atomic E-state index is 0.0464. The van der Waals surface area contributed by atoms with E-state index in [1.54, 1.807) is 7.11 Å². The molecule has 0 radical (unpaired) electrons. The number of rotatable bonds is 4. The third-order valence-corrected chi connectivity index (χ3v) is 5.86. The Morgan fingerprint density at radius 1 is 1.24 bits per heavy atom. The van der Waals surface area contributed by atoms with Crippen LogP contribution >= 0.6 is 0 Å². The van der Waals surface area contributed by atoms with Gasteiger partial charge in [-0.05, 0) is 42.8 Å². The Bertz CT molecular complexity index is 1210. The molecular formula is C23H24N4O2. The van der Waals surface area contributed by atoms with Crippen molar-refractivity contribution in [3.05, 3.63) is 60.0 Å². The standard InChI is InChI=1S/C23H24N4O2/c1-3-22-25-19-6-4-5-7-21(19)27(22)16-10-11-26(14-16)23(28)20-13-15-12-17(29-2)8-9-18(15)24-20/h4-9,12-13,16,24H,3,10-11,14H2,1-2H3/t16-/m0/s1. The molecule has 6 heteroatoms. The predicted octanol–water partition coefficient (Wildman–Crippen LogP) is 4.18. The minimum Gasteiger partial charge on any atom is -0.497 e. The van der Waals surface area contributed by atoms with Crippen LogP contribution in [-0.2, 0) is 6.42 Å². The van der Waals surface area contributed by atoms with E-state index in [2.05, 4.69) is 34.7 Å². The molecule has 4 aromatic rings. The molecule has 1 N–H and O–H groups in total. The lowest BCUT2D eigenvalue weighted by Crippen LogP contribution is -2.29. The maximum atomic E-state index is 13.1. The van der Waals surface area contributed by atoms with Crippen LogP contribution < -0.4 is 4.74 Å². The molecule has 1 fully saturated rings. The summed E-state index contributed by atoms with van der Waals surface area (Å²) in [5.74, 6) is 1.92. The van der Waals surface area contributed by atoms with Crippen molar-refractivity contribution >= 4 is 27.8 Å². The van der Waals surface area contributed by atoms with Crippen molar-refractivity contribution in [3.8, 4) is 5.75 Å². The van der Waals surface area contributed by atoms with Crippen LogP contribution in [0.3, 0.4) is 0 Å². The van der Waals surface area contributed by atoms with E-state index in [0.717, 1.165) is 52.9 Å². The number of H-pyrrole nitrogens is 1. The van der Waals surface area contributed by atoms with Crippen LogP contribution in [-0.4, -0.2) is 45.5 Å². The average Bonchev–Trinajstić information content (AvgIpc) is 3.47. The van der Waals surface area contributed by atoms with Gasteiger partial charge in [-0.25, -0.2) is 4.98 Å². The number of ether oxygens (including phenoxy) is 1. The summed E-state index contributed by atoms with van der Waals surface area (Å²) in [6.45, 7) is 3.58. The number of methoxy groups -OCH3 is 1. The number of nitrogens with one attached hydrogen (secondary N) is 1. The van der Waals surface area contributed by atoms with Crippen molar-refractivity contribution in [1.82, 2.24) is 19.4 Å². The molecular weight excluding hydrogens is 364 g/mol. The van der Waals surface area contributed by atoms with Gasteiger partial charge in [-0.15, -0.1) is 0 Å². The molecule has 1 aliphatic heterocycles. The highest BCUT2D eigenvalue weighted by molar-refractivity contribution is 5.98. The van der Waals surface area contributed by atoms with Crippen LogP contribution in [0.15, 0.2) is 48.5 Å². The first-order valence-corrected chi connectivity index (χ1v) is 10.1. The van der Waals surface area contributed by atoms with Gasteiger partial charge in [0, 0.05) is 30.4 Å². The second-order valence-electron chi connectivity index (χ2n) is 7.57. The molecule has 3 heterocycles. The highest BCUT2D eigenvalue weighted by Gasteiger charge is 2.30. The van der Waals surface area contributed by atoms with E-state index >= 15 is 0 Å². The number of amides is 1. The van der Waals surface area contributed by atoms with Gasteiger partial charge < -0.3 is 19.2 Å². The van der Waals surface area contributed by atoms with Gasteiger partial charge in [0.15, 0.2) is 0 Å². The topological polar surface area (TPSA) is 63.1 Å². The Hall–Kier alpha value is -3.28. The van der Waals surface area contributed by atoms with Crippen molar-refractivity contribution in [2.75, 3.05) is 20.2 Å². The first-order chi connectivity index (χ1) is 14.2. The number of aromatic nitrogens is 3. The van der Waals surface area contributed by atoms with Crippen LogP contribution in [0, 0.1) is 0 Å². The molecule has 29 heavy (non-hydrogen) atoms. The van der Waals surface area contributed by atoms with Crippen LogP contribution in [0.1, 0.15) is 35.7 Å². The average molecular weight is 388 g/mol. The molecule has 1 aliphatic rings. The summed E-state index contributed by atoms with van der Waals surface area (Å²) in [6.07, 6.45) is 1.82. The number of benzene rings is 2. The van der Waals surface area contributed by atoms with Gasteiger partial charge >= 0.3 is 0 Å². The fourth-order valence-electron chi connectivity index (χ4n) is 4.41. The van der Waals surface area contributed by atoms with E-state index < -0.39 is 0 Å². The number of hydrogen-bond acceptors (Lipinski definition) is 3. The smallest absolute Gasteiger partial charge is 0.270 e. The van der Waals surface area contributed by atoms with E-state index in [1.165, 1.54) is 0 Å². The fraction of sp³-hybridized carbons (Fsp3) is 0.304. The highest BCUT2D eigenvalue weighted by Crippen LogP contribution is 2.30. The number of fused-ring (bicyclic) bond motifs is 2. The SMILES string of the molecule is CCc1nc2ccccc2n1[C@H]1CCN(C(=O)c2cc3cc(OC)ccc3[nH]2)C1. The van der Waals surface area contributed by atoms with E-state index in [9.17, 15) is 4.79 Å². The fourth-order valence-corrected chi connectivity index (χ4v) is 4.41. The van der Waals surface area contributed by atoms with Crippen LogP contribution in [0.25, 0.3) is 21.9 Å². The summed E-state index contributed by atoms with van der Waals surface area (Å²) in [7, 11) is 1.65. The minimum absolute atomic E-state index is 0.0464. The Kier molecular flexibility index (Phi) is 4.27. The molecule has 6 nitrogen and oxygen atoms in total. The Labute approximate surface area is 169 Å². The number of likely N-dealkylation sites (tertiary alicyclic amines) is 1. The van der Waals surface area contributed by atoms with Crippen molar-refractivity contribution in [1.29, 1.82) is 0 Å². The molecule has 5 rings (SSSR count). The summed E-state index contributed by atoms with van der Waals surface area (Å²) in [5, 5.41) is 0.984. The third-order valence-electron chi connectivity index (χ3n) is 5.86. The number of imidazole rings is 1. The number of para-hydroxylation sites is 2. The maximum absolute atomic E-state index is 13.1. The number of aromatic amines is 1. The molecule has 2 aromatic heterocycles. The zero-order chi connectivity index (χ0) is 20.0. The normalized spacial score (nSPS) is 16.8. The molecule has 0 spiro atoms. The quantitative estimate of drug-likeness (QED) is 0.571. The summed E-state index contributed by atoms with van der Waals surface area (Å²) < 4.78 is 7.62. The summed E-state index contributed by atoms with van der Waals surface area (Å²) in [5.41, 5.74) is 3.75. The predicted molar refractivity (Wildman–Crippen MR) is 114 cm³/mol. The molecule has 148 valence electrons. The molecule has 0 saturated carbocycles. The number of hydrogen-bond donors (Lipinski definition) is 1. The lowest BCUT2D eigenvalue weighted by molar-refractivity contribution is 0.0783. The number of carbonyl (C=O) groups excluding carboxylic acids is 1. The lowest BCUT2D eigenvalue weighted by Gasteiger charge is -2.18. The van der Waals surface area contributed by atoms with Gasteiger partial charge in [0.05, 0.1) is 24.2 Å². The first kappa shape index (κ1) is 17.8. The van der Waals surface area contributed by atoms with Gasteiger partial charge in [0.25, 0.3) is 5.91 Å². The van der Waals surface area contributed by atoms with Crippen LogP contribution in [0.2, 0.25) is 0 Å². The van der Waals surface area contributed by atoms with Crippen LogP contribution in [0.4, 0.5) is 0 Å². The van der Waals surface area contributed by atoms with Crippen molar-refractivity contribution in [2.45, 2.75) is 25.8 Å². The second-order valence-corrected chi connectivity index (χ2v) is 7.57. The van der Waals surface area contributed by atoms with Crippen LogP contribution in [0.5, 0.6) is 5.75 Å². The maximum Gasteiger partial charge on any atom is 0.270 e. The first-order valence-electron chi connectivity index (χ1n) is 10.1. The molecule has 0 bridgehead atoms. The second kappa shape index (κ2) is 6.95. The molecule has 1 saturated heterocycles. The van der Waals surface area contributed by atoms with Gasteiger partial charge in [-0.3, -0.25) is 4.79 Å². The largest absolute Gasteiger partial charge is 0.497 e. The Morgan fingerprint density at radius 3 is 2.93 bits per heavy atom. The van der Waals surface area contributed by atoms with Crippen molar-refractivity contribution < 1.29 is 9.53 Å². The number of carbonyl (C=O) groups is 1. The van der Waals surface area contributed by atoms with Gasteiger partial charge in [0.2, 0.25) is 0 Å². The zero-order valence-electron chi connectivity index (χ0n) is 16.7. The molecule has 0 unspecified atom stereocenters. The lowest BCUT2D eigenvalue weighted by atomic mass is 10.2. The van der Waals surface area contributed by atoms with Crippen molar-refractivity contribution in [2.24, 2.45) is 0 Å². The third kappa shape index (κ3) is 2.95. The summed E-state index contributed by atoms with van der Waals surface area (Å²) >= 11 is 0. The number of nitrogens with zero attached hydrogens (tertiary/aromatic N) is 3. The van der Waals surface area contributed by atoms with E-state index in [4.69, 9.17) is 9.72 Å². The highest BCUT2D eigenvalue weighted by atomic mass is 16.5. The molecule has 1 amide bonds. The van der Waals surface area contributed by atoms with E-state index in [1.807, 2.05) is 35.2 Å². The summed E-state index contributed by atoms with van der Waals surface area (Å²) in [4.78, 5) is 23.1. The van der Waals surface area contributed by atoms with Gasteiger partial charge in [-0.2, -0.15) is 0 Å². The molecule has 0 aliphatic carbocycles. The van der Waals surface area contributed by atoms with Crippen molar-refractivity contribution in [3.63, 3.8) is 0 Å². The van der Waals surface area contributed by atoms with Gasteiger partial charge in [-0.1, -0.05) is 19.1 Å². The molecule has 1 atom stereocenters. The molecule has 2 aromatic carbocycles. The van der Waals surface area contributed by atoms with Gasteiger partial charge in [0.1, 0.15) is 17.3 Å². The summed E-state index contributed by atoms with van der Waals surface area (Å²) in [6, 6.07) is 16.2. The number of aryl methyl sites for hydroxylation is 1. The Balaban J connectivity index is 1.42. The zero-order valence-corrected chi connectivity index (χ0v) is 16.7.